The van der Waals surface area contributed by atoms with E-state index in [2.05, 4.69) is 15.4 Å². The van der Waals surface area contributed by atoms with Crippen LogP contribution in [0.15, 0.2) is 30.9 Å². The second-order valence-electron chi connectivity index (χ2n) is 4.00. The standard InChI is InChI=1S/C12H15FN4/c1-14-12(3-9-5-16-17(2)8-9)10-4-11(13)7-15-6-10/h4-8,12,14H,3H2,1-2H3. The number of nitrogens with one attached hydrogen (secondary N) is 1. The second-order valence-corrected chi connectivity index (χ2v) is 4.00. The number of nitrogens with zero attached hydrogens (tertiary/aromatic N) is 3. The van der Waals surface area contributed by atoms with Crippen LogP contribution in [0.2, 0.25) is 0 Å². The van der Waals surface area contributed by atoms with Crippen LogP contribution in [0.1, 0.15) is 17.2 Å². The smallest absolute Gasteiger partial charge is 0.141 e. The summed E-state index contributed by atoms with van der Waals surface area (Å²) in [7, 11) is 3.73. The molecule has 5 heteroatoms. The molecule has 0 saturated heterocycles. The first kappa shape index (κ1) is 11.7. The molecule has 1 atom stereocenters. The average Bonchev–Trinajstić information content (AvgIpc) is 2.72. The van der Waals surface area contributed by atoms with Crippen molar-refractivity contribution in [3.05, 3.63) is 47.8 Å². The van der Waals surface area contributed by atoms with Gasteiger partial charge in [-0.2, -0.15) is 5.10 Å². The highest BCUT2D eigenvalue weighted by atomic mass is 19.1. The second kappa shape index (κ2) is 5.05. The van der Waals surface area contributed by atoms with Crippen LogP contribution in [0.3, 0.4) is 0 Å². The van der Waals surface area contributed by atoms with E-state index in [0.717, 1.165) is 17.5 Å². The molecule has 2 aromatic heterocycles. The highest BCUT2D eigenvalue weighted by molar-refractivity contribution is 5.18. The lowest BCUT2D eigenvalue weighted by Gasteiger charge is -2.15. The van der Waals surface area contributed by atoms with E-state index in [1.165, 1.54) is 12.3 Å². The Labute approximate surface area is 99.5 Å². The van der Waals surface area contributed by atoms with E-state index in [9.17, 15) is 4.39 Å². The molecule has 0 aliphatic rings. The summed E-state index contributed by atoms with van der Waals surface area (Å²) in [6.07, 6.45) is 7.42. The molecule has 2 aromatic rings. The zero-order valence-electron chi connectivity index (χ0n) is 9.89. The molecule has 4 nitrogen and oxygen atoms in total. The van der Waals surface area contributed by atoms with Crippen molar-refractivity contribution in [2.45, 2.75) is 12.5 Å². The Morgan fingerprint density at radius 1 is 1.41 bits per heavy atom. The number of halogens is 1. The quantitative estimate of drug-likeness (QED) is 0.870. The Balaban J connectivity index is 2.16. The number of hydrogen-bond acceptors (Lipinski definition) is 3. The predicted molar refractivity (Wildman–Crippen MR) is 62.9 cm³/mol. The summed E-state index contributed by atoms with van der Waals surface area (Å²) in [4.78, 5) is 3.86. The summed E-state index contributed by atoms with van der Waals surface area (Å²) in [6, 6.07) is 1.55. The van der Waals surface area contributed by atoms with Crippen molar-refractivity contribution >= 4 is 0 Å². The number of aryl methyl sites for hydroxylation is 1. The van der Waals surface area contributed by atoms with Gasteiger partial charge in [-0.1, -0.05) is 0 Å². The van der Waals surface area contributed by atoms with Crippen LogP contribution in [-0.4, -0.2) is 21.8 Å². The first-order chi connectivity index (χ1) is 8.19. The molecular formula is C12H15FN4. The molecule has 0 aliphatic heterocycles. The fraction of sp³-hybridized carbons (Fsp3) is 0.333. The van der Waals surface area contributed by atoms with Gasteiger partial charge in [0.05, 0.1) is 12.4 Å². The van der Waals surface area contributed by atoms with Crippen LogP contribution in [-0.2, 0) is 13.5 Å². The molecule has 1 N–H and O–H groups in total. The van der Waals surface area contributed by atoms with Crippen molar-refractivity contribution in [2.75, 3.05) is 7.05 Å². The number of pyridine rings is 1. The van der Waals surface area contributed by atoms with E-state index in [-0.39, 0.29) is 11.9 Å². The molecule has 0 saturated carbocycles. The van der Waals surface area contributed by atoms with Gasteiger partial charge < -0.3 is 5.32 Å². The highest BCUT2D eigenvalue weighted by Gasteiger charge is 2.12. The minimum Gasteiger partial charge on any atom is -0.313 e. The van der Waals surface area contributed by atoms with Gasteiger partial charge in [-0.15, -0.1) is 0 Å². The lowest BCUT2D eigenvalue weighted by molar-refractivity contribution is 0.571. The number of rotatable bonds is 4. The molecule has 17 heavy (non-hydrogen) atoms. The molecule has 90 valence electrons. The summed E-state index contributed by atoms with van der Waals surface area (Å²) in [5.74, 6) is -0.311. The topological polar surface area (TPSA) is 42.7 Å². The molecule has 0 aromatic carbocycles. The molecule has 0 amide bonds. The molecule has 2 heterocycles. The zero-order chi connectivity index (χ0) is 12.3. The molecule has 0 spiro atoms. The molecule has 0 radical (unpaired) electrons. The number of hydrogen-bond donors (Lipinski definition) is 1. The average molecular weight is 234 g/mol. The minimum atomic E-state index is -0.311. The SMILES string of the molecule is CNC(Cc1cnn(C)c1)c1cncc(F)c1. The maximum Gasteiger partial charge on any atom is 0.141 e. The van der Waals surface area contributed by atoms with E-state index >= 15 is 0 Å². The fourth-order valence-electron chi connectivity index (χ4n) is 1.82. The highest BCUT2D eigenvalue weighted by Crippen LogP contribution is 2.17. The Morgan fingerprint density at radius 3 is 2.82 bits per heavy atom. The third kappa shape index (κ3) is 2.88. The Hall–Kier alpha value is -1.75. The predicted octanol–water partition coefficient (Wildman–Crippen LogP) is 1.46. The minimum absolute atomic E-state index is 0.0439. The Kier molecular flexibility index (Phi) is 3.49. The van der Waals surface area contributed by atoms with Crippen molar-refractivity contribution in [2.24, 2.45) is 7.05 Å². The molecule has 1 unspecified atom stereocenters. The number of likely N-dealkylation sites (N-methyl/N-ethyl adjacent to an activating group) is 1. The first-order valence-corrected chi connectivity index (χ1v) is 5.44. The van der Waals surface area contributed by atoms with Crippen molar-refractivity contribution in [3.8, 4) is 0 Å². The largest absolute Gasteiger partial charge is 0.313 e. The van der Waals surface area contributed by atoms with Crippen molar-refractivity contribution in [1.82, 2.24) is 20.1 Å². The first-order valence-electron chi connectivity index (χ1n) is 5.44. The van der Waals surface area contributed by atoms with Gasteiger partial charge in [0, 0.05) is 25.5 Å². The van der Waals surface area contributed by atoms with E-state index in [0.29, 0.717) is 0 Å². The van der Waals surface area contributed by atoms with Gasteiger partial charge in [0.15, 0.2) is 0 Å². The van der Waals surface area contributed by atoms with Crippen molar-refractivity contribution in [3.63, 3.8) is 0 Å². The summed E-state index contributed by atoms with van der Waals surface area (Å²) < 4.78 is 14.9. The summed E-state index contributed by atoms with van der Waals surface area (Å²) in [5, 5.41) is 7.27. The van der Waals surface area contributed by atoms with E-state index in [1.807, 2.05) is 26.5 Å². The summed E-state index contributed by atoms with van der Waals surface area (Å²) in [6.45, 7) is 0. The molecule has 0 aliphatic carbocycles. The third-order valence-electron chi connectivity index (χ3n) is 2.68. The van der Waals surface area contributed by atoms with Gasteiger partial charge in [-0.3, -0.25) is 9.67 Å². The number of aromatic nitrogens is 3. The van der Waals surface area contributed by atoms with Crippen LogP contribution < -0.4 is 5.32 Å². The van der Waals surface area contributed by atoms with Gasteiger partial charge in [-0.25, -0.2) is 4.39 Å². The lowest BCUT2D eigenvalue weighted by Crippen LogP contribution is -2.19. The van der Waals surface area contributed by atoms with Crippen LogP contribution in [0, 0.1) is 5.82 Å². The van der Waals surface area contributed by atoms with Gasteiger partial charge in [0.1, 0.15) is 5.82 Å². The van der Waals surface area contributed by atoms with Gasteiger partial charge in [0.25, 0.3) is 0 Å². The van der Waals surface area contributed by atoms with Crippen LogP contribution in [0.4, 0.5) is 4.39 Å². The van der Waals surface area contributed by atoms with Gasteiger partial charge >= 0.3 is 0 Å². The summed E-state index contributed by atoms with van der Waals surface area (Å²) >= 11 is 0. The lowest BCUT2D eigenvalue weighted by atomic mass is 10.0. The van der Waals surface area contributed by atoms with Crippen LogP contribution in [0.25, 0.3) is 0 Å². The van der Waals surface area contributed by atoms with Crippen molar-refractivity contribution < 1.29 is 4.39 Å². The Bertz CT molecular complexity index is 495. The van der Waals surface area contributed by atoms with Gasteiger partial charge in [-0.05, 0) is 30.7 Å². The maximum absolute atomic E-state index is 13.1. The van der Waals surface area contributed by atoms with Crippen LogP contribution >= 0.6 is 0 Å². The maximum atomic E-state index is 13.1. The monoisotopic (exact) mass is 234 g/mol. The zero-order valence-corrected chi connectivity index (χ0v) is 9.89. The van der Waals surface area contributed by atoms with E-state index in [4.69, 9.17) is 0 Å². The molecule has 2 rings (SSSR count). The fourth-order valence-corrected chi connectivity index (χ4v) is 1.82. The van der Waals surface area contributed by atoms with E-state index in [1.54, 1.807) is 10.9 Å². The Morgan fingerprint density at radius 2 is 2.24 bits per heavy atom. The van der Waals surface area contributed by atoms with Crippen LogP contribution in [0.5, 0.6) is 0 Å². The molecule has 0 bridgehead atoms. The summed E-state index contributed by atoms with van der Waals surface area (Å²) in [5.41, 5.74) is 1.95. The van der Waals surface area contributed by atoms with Crippen molar-refractivity contribution in [1.29, 1.82) is 0 Å². The normalized spacial score (nSPS) is 12.6. The molecular weight excluding hydrogens is 219 g/mol. The molecule has 0 fully saturated rings. The van der Waals surface area contributed by atoms with E-state index < -0.39 is 0 Å². The third-order valence-corrected chi connectivity index (χ3v) is 2.68. The van der Waals surface area contributed by atoms with Gasteiger partial charge in [0.2, 0.25) is 0 Å².